The van der Waals surface area contributed by atoms with Gasteiger partial charge in [-0.1, -0.05) is 0 Å². The number of hydrogen-bond acceptors (Lipinski definition) is 5. The molecule has 0 saturated carbocycles. The molecule has 0 bridgehead atoms. The fourth-order valence-corrected chi connectivity index (χ4v) is 1.28. The molecule has 2 aromatic rings. The summed E-state index contributed by atoms with van der Waals surface area (Å²) in [5.41, 5.74) is 1.31. The standard InChI is InChI=1S/C9H10N4O2/c1-2-15-8(14)4-13-6-12-7-3-10-5-11-9(7)13/h3,5-6H,2,4H2,1H3. The van der Waals surface area contributed by atoms with Crippen molar-refractivity contribution in [1.82, 2.24) is 19.5 Å². The topological polar surface area (TPSA) is 69.9 Å². The highest BCUT2D eigenvalue weighted by atomic mass is 16.5. The Kier molecular flexibility index (Phi) is 2.57. The maximum absolute atomic E-state index is 11.2. The third-order valence-corrected chi connectivity index (χ3v) is 1.89. The second-order valence-corrected chi connectivity index (χ2v) is 2.91. The summed E-state index contributed by atoms with van der Waals surface area (Å²) in [4.78, 5) is 23.2. The van der Waals surface area contributed by atoms with Crippen molar-refractivity contribution >= 4 is 17.1 Å². The third-order valence-electron chi connectivity index (χ3n) is 1.89. The minimum Gasteiger partial charge on any atom is -0.465 e. The lowest BCUT2D eigenvalue weighted by atomic mass is 10.5. The fraction of sp³-hybridized carbons (Fsp3) is 0.333. The maximum atomic E-state index is 11.2. The van der Waals surface area contributed by atoms with Crippen LogP contribution in [0.4, 0.5) is 0 Å². The average Bonchev–Trinajstić information content (AvgIpc) is 2.62. The van der Waals surface area contributed by atoms with E-state index in [9.17, 15) is 4.79 Å². The molecule has 0 aromatic carbocycles. The van der Waals surface area contributed by atoms with E-state index in [0.717, 1.165) is 0 Å². The van der Waals surface area contributed by atoms with Crippen LogP contribution in [0.25, 0.3) is 11.2 Å². The van der Waals surface area contributed by atoms with E-state index in [1.165, 1.54) is 6.33 Å². The monoisotopic (exact) mass is 206 g/mol. The highest BCUT2D eigenvalue weighted by Crippen LogP contribution is 2.06. The molecule has 0 radical (unpaired) electrons. The highest BCUT2D eigenvalue weighted by Gasteiger charge is 2.08. The van der Waals surface area contributed by atoms with Crippen molar-refractivity contribution in [2.24, 2.45) is 0 Å². The molecule has 0 unspecified atom stereocenters. The van der Waals surface area contributed by atoms with Crippen LogP contribution in [0, 0.1) is 0 Å². The van der Waals surface area contributed by atoms with Crippen LogP contribution in [-0.4, -0.2) is 32.1 Å². The number of carbonyl (C=O) groups is 1. The van der Waals surface area contributed by atoms with Crippen molar-refractivity contribution in [1.29, 1.82) is 0 Å². The lowest BCUT2D eigenvalue weighted by Crippen LogP contribution is -2.12. The van der Waals surface area contributed by atoms with Gasteiger partial charge in [0.1, 0.15) is 18.4 Å². The van der Waals surface area contributed by atoms with Crippen molar-refractivity contribution < 1.29 is 9.53 Å². The predicted octanol–water partition coefficient (Wildman–Crippen LogP) is 0.389. The van der Waals surface area contributed by atoms with Gasteiger partial charge in [0.05, 0.1) is 19.1 Å². The van der Waals surface area contributed by atoms with Gasteiger partial charge < -0.3 is 9.30 Å². The summed E-state index contributed by atoms with van der Waals surface area (Å²) < 4.78 is 6.47. The van der Waals surface area contributed by atoms with Gasteiger partial charge in [0.2, 0.25) is 0 Å². The Morgan fingerprint density at radius 1 is 1.53 bits per heavy atom. The molecule has 0 atom stereocenters. The minimum absolute atomic E-state index is 0.126. The zero-order valence-electron chi connectivity index (χ0n) is 8.25. The smallest absolute Gasteiger partial charge is 0.326 e. The summed E-state index contributed by atoms with van der Waals surface area (Å²) in [6.45, 7) is 2.27. The minimum atomic E-state index is -0.296. The van der Waals surface area contributed by atoms with Crippen LogP contribution in [0.1, 0.15) is 6.92 Å². The Labute approximate surface area is 85.9 Å². The van der Waals surface area contributed by atoms with Crippen molar-refractivity contribution in [2.75, 3.05) is 6.61 Å². The Bertz CT molecular complexity index is 480. The third kappa shape index (κ3) is 1.93. The Balaban J connectivity index is 2.25. The molecule has 0 saturated heterocycles. The number of hydrogen-bond donors (Lipinski definition) is 0. The number of carbonyl (C=O) groups excluding carboxylic acids is 1. The number of esters is 1. The quantitative estimate of drug-likeness (QED) is 0.679. The average molecular weight is 206 g/mol. The molecule has 78 valence electrons. The van der Waals surface area contributed by atoms with E-state index in [4.69, 9.17) is 4.74 Å². The molecule has 2 aromatic heterocycles. The van der Waals surface area contributed by atoms with Gasteiger partial charge in [0, 0.05) is 0 Å². The number of nitrogens with zero attached hydrogens (tertiary/aromatic N) is 4. The van der Waals surface area contributed by atoms with E-state index in [-0.39, 0.29) is 12.5 Å². The first kappa shape index (κ1) is 9.57. The summed E-state index contributed by atoms with van der Waals surface area (Å²) in [5.74, 6) is -0.296. The second kappa shape index (κ2) is 4.04. The van der Waals surface area contributed by atoms with Crippen molar-refractivity contribution in [3.63, 3.8) is 0 Å². The van der Waals surface area contributed by atoms with Crippen LogP contribution in [0.3, 0.4) is 0 Å². The largest absolute Gasteiger partial charge is 0.465 e. The Morgan fingerprint density at radius 3 is 3.20 bits per heavy atom. The van der Waals surface area contributed by atoms with Crippen LogP contribution in [-0.2, 0) is 16.1 Å². The van der Waals surface area contributed by atoms with Gasteiger partial charge in [-0.25, -0.2) is 15.0 Å². The molecule has 0 aliphatic rings. The van der Waals surface area contributed by atoms with Gasteiger partial charge in [-0.2, -0.15) is 0 Å². The molecule has 0 aliphatic heterocycles. The van der Waals surface area contributed by atoms with Crippen LogP contribution >= 0.6 is 0 Å². The number of imidazole rings is 1. The van der Waals surface area contributed by atoms with E-state index in [1.807, 2.05) is 0 Å². The molecule has 0 aliphatic carbocycles. The Morgan fingerprint density at radius 2 is 2.40 bits per heavy atom. The summed E-state index contributed by atoms with van der Waals surface area (Å²) in [6.07, 6.45) is 4.58. The van der Waals surface area contributed by atoms with Crippen LogP contribution < -0.4 is 0 Å². The van der Waals surface area contributed by atoms with Gasteiger partial charge in [0.15, 0.2) is 5.65 Å². The van der Waals surface area contributed by atoms with Gasteiger partial charge in [-0.3, -0.25) is 4.79 Å². The molecule has 6 heteroatoms. The molecule has 0 amide bonds. The van der Waals surface area contributed by atoms with Gasteiger partial charge in [-0.15, -0.1) is 0 Å². The lowest BCUT2D eigenvalue weighted by Gasteiger charge is -2.02. The van der Waals surface area contributed by atoms with Crippen LogP contribution in [0.5, 0.6) is 0 Å². The van der Waals surface area contributed by atoms with Crippen LogP contribution in [0.15, 0.2) is 18.9 Å². The summed E-state index contributed by atoms with van der Waals surface area (Å²) in [5, 5.41) is 0. The highest BCUT2D eigenvalue weighted by molar-refractivity contribution is 5.74. The molecule has 0 N–H and O–H groups in total. The molecule has 2 rings (SSSR count). The molecular weight excluding hydrogens is 196 g/mol. The van der Waals surface area contributed by atoms with Gasteiger partial charge in [0.25, 0.3) is 0 Å². The van der Waals surface area contributed by atoms with Crippen molar-refractivity contribution in [2.45, 2.75) is 13.5 Å². The molecule has 2 heterocycles. The van der Waals surface area contributed by atoms with E-state index in [0.29, 0.717) is 17.8 Å². The SMILES string of the molecule is CCOC(=O)Cn1cnc2cncnc21. The molecule has 15 heavy (non-hydrogen) atoms. The van der Waals surface area contributed by atoms with Crippen molar-refractivity contribution in [3.8, 4) is 0 Å². The first-order valence-corrected chi connectivity index (χ1v) is 4.57. The molecule has 0 fully saturated rings. The summed E-state index contributed by atoms with van der Waals surface area (Å²) in [6, 6.07) is 0. The maximum Gasteiger partial charge on any atom is 0.326 e. The van der Waals surface area contributed by atoms with Crippen LogP contribution in [0.2, 0.25) is 0 Å². The summed E-state index contributed by atoms with van der Waals surface area (Å²) >= 11 is 0. The second-order valence-electron chi connectivity index (χ2n) is 2.91. The summed E-state index contributed by atoms with van der Waals surface area (Å²) in [7, 11) is 0. The van der Waals surface area contributed by atoms with Gasteiger partial charge >= 0.3 is 5.97 Å². The van der Waals surface area contributed by atoms with E-state index in [1.54, 1.807) is 24.0 Å². The lowest BCUT2D eigenvalue weighted by molar-refractivity contribution is -0.143. The first-order valence-electron chi connectivity index (χ1n) is 4.57. The van der Waals surface area contributed by atoms with Crippen molar-refractivity contribution in [3.05, 3.63) is 18.9 Å². The molecule has 6 nitrogen and oxygen atoms in total. The van der Waals surface area contributed by atoms with Gasteiger partial charge in [-0.05, 0) is 6.92 Å². The normalized spacial score (nSPS) is 10.5. The van der Waals surface area contributed by atoms with E-state index >= 15 is 0 Å². The number of ether oxygens (including phenoxy) is 1. The Hall–Kier alpha value is -1.98. The van der Waals surface area contributed by atoms with E-state index < -0.39 is 0 Å². The number of rotatable bonds is 3. The zero-order valence-corrected chi connectivity index (χ0v) is 8.25. The first-order chi connectivity index (χ1) is 7.31. The van der Waals surface area contributed by atoms with E-state index in [2.05, 4.69) is 15.0 Å². The number of fused-ring (bicyclic) bond motifs is 1. The molecular formula is C9H10N4O2. The fourth-order valence-electron chi connectivity index (χ4n) is 1.28. The predicted molar refractivity (Wildman–Crippen MR) is 52.0 cm³/mol. The zero-order chi connectivity index (χ0) is 10.7. The number of aromatic nitrogens is 4. The molecule has 0 spiro atoms.